The van der Waals surface area contributed by atoms with Crippen molar-refractivity contribution in [1.29, 1.82) is 0 Å². The van der Waals surface area contributed by atoms with Gasteiger partial charge >= 0.3 is 0 Å². The highest BCUT2D eigenvalue weighted by atomic mass is 16.7. The molecule has 7 nitrogen and oxygen atoms in total. The summed E-state index contributed by atoms with van der Waals surface area (Å²) in [5.41, 5.74) is 2.34. The number of benzene rings is 1. The summed E-state index contributed by atoms with van der Waals surface area (Å²) in [7, 11) is 3.46. The summed E-state index contributed by atoms with van der Waals surface area (Å²) in [4.78, 5) is 18.1. The van der Waals surface area contributed by atoms with Crippen LogP contribution in [0.4, 0.5) is 0 Å². The van der Waals surface area contributed by atoms with E-state index in [1.54, 1.807) is 18.7 Å². The average molecular weight is 342 g/mol. The lowest BCUT2D eigenvalue weighted by atomic mass is 9.94. The lowest BCUT2D eigenvalue weighted by Crippen LogP contribution is -2.44. The largest absolute Gasteiger partial charge is 0.496 e. The average Bonchev–Trinajstić information content (AvgIpc) is 3.15. The summed E-state index contributed by atoms with van der Waals surface area (Å²) < 4.78 is 7.11. The van der Waals surface area contributed by atoms with Gasteiger partial charge in [0, 0.05) is 19.0 Å². The molecule has 0 radical (unpaired) electrons. The first-order chi connectivity index (χ1) is 11.9. The van der Waals surface area contributed by atoms with Gasteiger partial charge in [0.05, 0.1) is 30.8 Å². The van der Waals surface area contributed by atoms with Crippen LogP contribution in [0.1, 0.15) is 30.3 Å². The lowest BCUT2D eigenvalue weighted by molar-refractivity contribution is -0.141. The SMILES string of the molecule is COc1ccccc1C1=NO[C@](C)(C(=O)NCc2cc(C)nn2C)C1. The Hall–Kier alpha value is -2.83. The molecule has 0 aliphatic carbocycles. The molecule has 1 atom stereocenters. The van der Waals surface area contributed by atoms with Crippen LogP contribution < -0.4 is 10.1 Å². The second kappa shape index (κ2) is 6.58. The van der Waals surface area contributed by atoms with Gasteiger partial charge in [-0.3, -0.25) is 9.48 Å². The van der Waals surface area contributed by atoms with E-state index in [2.05, 4.69) is 15.6 Å². The minimum atomic E-state index is -1.04. The van der Waals surface area contributed by atoms with Gasteiger partial charge in [0.15, 0.2) is 0 Å². The van der Waals surface area contributed by atoms with Crippen LogP contribution in [0.2, 0.25) is 0 Å². The van der Waals surface area contributed by atoms with Crippen molar-refractivity contribution in [3.63, 3.8) is 0 Å². The van der Waals surface area contributed by atoms with E-state index >= 15 is 0 Å². The number of hydrogen-bond donors (Lipinski definition) is 1. The highest BCUT2D eigenvalue weighted by molar-refractivity contribution is 6.07. The summed E-state index contributed by atoms with van der Waals surface area (Å²) in [6, 6.07) is 9.50. The fourth-order valence-electron chi connectivity index (χ4n) is 2.88. The Bertz CT molecular complexity index is 827. The van der Waals surface area contributed by atoms with Gasteiger partial charge < -0.3 is 14.9 Å². The van der Waals surface area contributed by atoms with Crippen LogP contribution in [-0.2, 0) is 23.2 Å². The Balaban J connectivity index is 1.67. The normalized spacial score (nSPS) is 19.3. The molecule has 1 aliphatic heterocycles. The Morgan fingerprint density at radius 2 is 2.20 bits per heavy atom. The summed E-state index contributed by atoms with van der Waals surface area (Å²) >= 11 is 0. The van der Waals surface area contributed by atoms with Crippen molar-refractivity contribution in [2.75, 3.05) is 7.11 Å². The van der Waals surface area contributed by atoms with Crippen LogP contribution >= 0.6 is 0 Å². The van der Waals surface area contributed by atoms with Gasteiger partial charge in [-0.2, -0.15) is 5.10 Å². The van der Waals surface area contributed by atoms with Gasteiger partial charge in [-0.15, -0.1) is 0 Å². The van der Waals surface area contributed by atoms with E-state index in [-0.39, 0.29) is 5.91 Å². The summed E-state index contributed by atoms with van der Waals surface area (Å²) in [5.74, 6) is 0.500. The van der Waals surface area contributed by atoms with Gasteiger partial charge in [0.25, 0.3) is 5.91 Å². The molecule has 1 aromatic heterocycles. The smallest absolute Gasteiger partial charge is 0.267 e. The molecule has 1 amide bonds. The number of oxime groups is 1. The highest BCUT2D eigenvalue weighted by Gasteiger charge is 2.42. The molecule has 2 heterocycles. The van der Waals surface area contributed by atoms with Crippen molar-refractivity contribution in [3.8, 4) is 5.75 Å². The third kappa shape index (κ3) is 3.35. The van der Waals surface area contributed by atoms with E-state index in [9.17, 15) is 4.79 Å². The number of nitrogens with one attached hydrogen (secondary N) is 1. The molecule has 0 unspecified atom stereocenters. The van der Waals surface area contributed by atoms with Gasteiger partial charge in [0.1, 0.15) is 5.75 Å². The number of amides is 1. The Kier molecular flexibility index (Phi) is 4.48. The first-order valence-corrected chi connectivity index (χ1v) is 8.09. The van der Waals surface area contributed by atoms with E-state index < -0.39 is 5.60 Å². The standard InChI is InChI=1S/C18H22N4O3/c1-12-9-13(22(3)20-12)11-19-17(23)18(2)10-15(21-25-18)14-7-5-6-8-16(14)24-4/h5-9H,10-11H2,1-4H3,(H,19,23)/t18-/m0/s1. The predicted molar refractivity (Wildman–Crippen MR) is 93.4 cm³/mol. The molecule has 3 rings (SSSR count). The molecule has 2 aromatic rings. The monoisotopic (exact) mass is 342 g/mol. The molecule has 132 valence electrons. The molecule has 25 heavy (non-hydrogen) atoms. The number of rotatable bonds is 5. The summed E-state index contributed by atoms with van der Waals surface area (Å²) in [6.07, 6.45) is 0.379. The zero-order chi connectivity index (χ0) is 18.0. The maximum Gasteiger partial charge on any atom is 0.267 e. The molecule has 0 fully saturated rings. The van der Waals surface area contributed by atoms with E-state index in [4.69, 9.17) is 9.57 Å². The van der Waals surface area contributed by atoms with Crippen molar-refractivity contribution < 1.29 is 14.4 Å². The number of methoxy groups -OCH3 is 1. The number of aryl methyl sites for hydroxylation is 2. The molecule has 1 aliphatic rings. The minimum absolute atomic E-state index is 0.208. The number of carbonyl (C=O) groups is 1. The van der Waals surface area contributed by atoms with Crippen molar-refractivity contribution in [2.24, 2.45) is 12.2 Å². The Morgan fingerprint density at radius 3 is 2.88 bits per heavy atom. The first-order valence-electron chi connectivity index (χ1n) is 8.09. The number of para-hydroxylation sites is 1. The zero-order valence-electron chi connectivity index (χ0n) is 14.9. The van der Waals surface area contributed by atoms with Crippen LogP contribution in [0, 0.1) is 6.92 Å². The van der Waals surface area contributed by atoms with Crippen molar-refractivity contribution in [2.45, 2.75) is 32.4 Å². The molecule has 7 heteroatoms. The molecule has 0 bridgehead atoms. The molecule has 0 saturated carbocycles. The molecule has 1 aromatic carbocycles. The number of hydrogen-bond acceptors (Lipinski definition) is 5. The van der Waals surface area contributed by atoms with E-state index in [0.717, 1.165) is 17.0 Å². The predicted octanol–water partition coefficient (Wildman–Crippen LogP) is 1.94. The fraction of sp³-hybridized carbons (Fsp3) is 0.389. The number of nitrogens with zero attached hydrogens (tertiary/aromatic N) is 3. The second-order valence-electron chi connectivity index (χ2n) is 6.32. The number of ether oxygens (including phenoxy) is 1. The van der Waals surface area contributed by atoms with E-state index in [1.807, 2.05) is 44.3 Å². The van der Waals surface area contributed by atoms with Gasteiger partial charge in [-0.05, 0) is 32.0 Å². The molecular weight excluding hydrogens is 320 g/mol. The number of carbonyl (C=O) groups excluding carboxylic acids is 1. The third-order valence-corrected chi connectivity index (χ3v) is 4.29. The molecule has 0 spiro atoms. The maximum absolute atomic E-state index is 12.6. The highest BCUT2D eigenvalue weighted by Crippen LogP contribution is 2.30. The van der Waals surface area contributed by atoms with Crippen LogP contribution in [0.25, 0.3) is 0 Å². The summed E-state index contributed by atoms with van der Waals surface area (Å²) in [6.45, 7) is 4.04. The van der Waals surface area contributed by atoms with Gasteiger partial charge in [-0.1, -0.05) is 17.3 Å². The Labute approximate surface area is 146 Å². The molecular formula is C18H22N4O3. The summed E-state index contributed by atoms with van der Waals surface area (Å²) in [5, 5.41) is 11.3. The molecule has 0 saturated heterocycles. The van der Waals surface area contributed by atoms with E-state index in [0.29, 0.717) is 24.4 Å². The molecule has 1 N–H and O–H groups in total. The second-order valence-corrected chi connectivity index (χ2v) is 6.32. The number of aromatic nitrogens is 2. The topological polar surface area (TPSA) is 77.7 Å². The first kappa shape index (κ1) is 17.0. The van der Waals surface area contributed by atoms with Crippen LogP contribution in [0.15, 0.2) is 35.5 Å². The van der Waals surface area contributed by atoms with Gasteiger partial charge in [-0.25, -0.2) is 0 Å². The zero-order valence-corrected chi connectivity index (χ0v) is 14.9. The van der Waals surface area contributed by atoms with Crippen LogP contribution in [0.5, 0.6) is 5.75 Å². The van der Waals surface area contributed by atoms with E-state index in [1.165, 1.54) is 0 Å². The fourth-order valence-corrected chi connectivity index (χ4v) is 2.88. The maximum atomic E-state index is 12.6. The van der Waals surface area contributed by atoms with Crippen molar-refractivity contribution in [3.05, 3.63) is 47.3 Å². The Morgan fingerprint density at radius 1 is 1.44 bits per heavy atom. The van der Waals surface area contributed by atoms with Crippen LogP contribution in [-0.4, -0.2) is 34.1 Å². The quantitative estimate of drug-likeness (QED) is 0.901. The minimum Gasteiger partial charge on any atom is -0.496 e. The van der Waals surface area contributed by atoms with Gasteiger partial charge in [0.2, 0.25) is 5.60 Å². The van der Waals surface area contributed by atoms with Crippen LogP contribution in [0.3, 0.4) is 0 Å². The lowest BCUT2D eigenvalue weighted by Gasteiger charge is -2.20. The van der Waals surface area contributed by atoms with Crippen molar-refractivity contribution in [1.82, 2.24) is 15.1 Å². The third-order valence-electron chi connectivity index (χ3n) is 4.29. The van der Waals surface area contributed by atoms with Crippen molar-refractivity contribution >= 4 is 11.6 Å².